The average molecular weight is 286 g/mol. The lowest BCUT2D eigenvalue weighted by molar-refractivity contribution is 0.114. The van der Waals surface area contributed by atoms with Gasteiger partial charge in [0.25, 0.3) is 0 Å². The molecule has 0 spiro atoms. The summed E-state index contributed by atoms with van der Waals surface area (Å²) in [6, 6.07) is -0.222. The number of amides is 1. The summed E-state index contributed by atoms with van der Waals surface area (Å²) >= 11 is 0. The number of aromatic nitrogens is 3. The van der Waals surface area contributed by atoms with Gasteiger partial charge < -0.3 is 10.1 Å². The molecule has 2 unspecified atom stereocenters. The zero-order valence-electron chi connectivity index (χ0n) is 12.0. The minimum Gasteiger partial charge on any atom is -0.465 e. The molecule has 1 aliphatic rings. The number of H-pyrrole nitrogens is 1. The lowest BCUT2D eigenvalue weighted by Gasteiger charge is -2.32. The zero-order chi connectivity index (χ0) is 15.0. The smallest absolute Gasteiger partial charge is 0.408 e. The molecule has 0 bridgehead atoms. The Labute approximate surface area is 122 Å². The highest BCUT2D eigenvalue weighted by Gasteiger charge is 2.41. The van der Waals surface area contributed by atoms with Crippen molar-refractivity contribution in [3.05, 3.63) is 47.8 Å². The van der Waals surface area contributed by atoms with E-state index < -0.39 is 6.09 Å². The molecule has 0 saturated heterocycles. The van der Waals surface area contributed by atoms with Crippen molar-refractivity contribution in [1.29, 1.82) is 0 Å². The van der Waals surface area contributed by atoms with Crippen molar-refractivity contribution in [2.75, 3.05) is 0 Å². The van der Waals surface area contributed by atoms with E-state index in [2.05, 4.69) is 28.8 Å². The van der Waals surface area contributed by atoms with Crippen molar-refractivity contribution in [1.82, 2.24) is 19.9 Å². The number of rotatable bonds is 3. The van der Waals surface area contributed by atoms with Crippen LogP contribution in [0.4, 0.5) is 4.79 Å². The molecule has 0 radical (unpaired) electrons. The second-order valence-electron chi connectivity index (χ2n) is 5.69. The Hall–Kier alpha value is -2.37. The van der Waals surface area contributed by atoms with Crippen LogP contribution in [0.2, 0.25) is 0 Å². The minimum absolute atomic E-state index is 0.0214. The lowest BCUT2D eigenvalue weighted by Crippen LogP contribution is -2.34. The van der Waals surface area contributed by atoms with Crippen molar-refractivity contribution < 1.29 is 9.90 Å². The van der Waals surface area contributed by atoms with Crippen molar-refractivity contribution in [3.8, 4) is 0 Å². The average Bonchev–Trinajstić information content (AvgIpc) is 3.02. The van der Waals surface area contributed by atoms with Crippen LogP contribution in [0.3, 0.4) is 0 Å². The molecule has 0 aromatic carbocycles. The number of nitrogens with zero attached hydrogens (tertiary/aromatic N) is 3. The van der Waals surface area contributed by atoms with E-state index in [4.69, 9.17) is 0 Å². The van der Waals surface area contributed by atoms with Gasteiger partial charge in [-0.2, -0.15) is 0 Å². The molecule has 6 heteroatoms. The first-order valence-corrected chi connectivity index (χ1v) is 7.00. The molecule has 2 atom stereocenters. The number of aromatic amines is 1. The Morgan fingerprint density at radius 2 is 2.24 bits per heavy atom. The van der Waals surface area contributed by atoms with E-state index in [1.165, 1.54) is 4.90 Å². The van der Waals surface area contributed by atoms with E-state index in [9.17, 15) is 9.90 Å². The molecular formula is C15H18N4O2. The Bertz CT molecular complexity index is 638. The number of hydrogen-bond donors (Lipinski definition) is 2. The van der Waals surface area contributed by atoms with Gasteiger partial charge in [0, 0.05) is 36.9 Å². The molecule has 6 nitrogen and oxygen atoms in total. The van der Waals surface area contributed by atoms with Crippen LogP contribution in [0.25, 0.3) is 0 Å². The molecule has 110 valence electrons. The molecule has 3 heterocycles. The largest absolute Gasteiger partial charge is 0.465 e. The summed E-state index contributed by atoms with van der Waals surface area (Å²) in [5, 5.41) is 9.53. The summed E-state index contributed by atoms with van der Waals surface area (Å²) in [6.45, 7) is 4.59. The van der Waals surface area contributed by atoms with E-state index in [0.717, 1.165) is 16.8 Å². The Morgan fingerprint density at radius 1 is 1.43 bits per heavy atom. The maximum absolute atomic E-state index is 11.6. The predicted octanol–water partition coefficient (Wildman–Crippen LogP) is 2.78. The highest BCUT2D eigenvalue weighted by molar-refractivity contribution is 5.67. The second-order valence-corrected chi connectivity index (χ2v) is 5.69. The van der Waals surface area contributed by atoms with E-state index in [0.29, 0.717) is 6.54 Å². The Kier molecular flexibility index (Phi) is 3.37. The Balaban J connectivity index is 2.07. The van der Waals surface area contributed by atoms with Crippen LogP contribution in [0.15, 0.2) is 31.0 Å². The van der Waals surface area contributed by atoms with Crippen LogP contribution < -0.4 is 0 Å². The summed E-state index contributed by atoms with van der Waals surface area (Å²) in [7, 11) is 0. The van der Waals surface area contributed by atoms with Gasteiger partial charge in [-0.15, -0.1) is 0 Å². The van der Waals surface area contributed by atoms with Gasteiger partial charge in [-0.05, 0) is 17.0 Å². The highest BCUT2D eigenvalue weighted by Crippen LogP contribution is 2.45. The Morgan fingerprint density at radius 3 is 2.86 bits per heavy atom. The van der Waals surface area contributed by atoms with Gasteiger partial charge in [0.2, 0.25) is 0 Å². The topological polar surface area (TPSA) is 82.1 Å². The SMILES string of the molecule is CC(C)C(c1cnccn1)C1c2c[nH]cc2CN1C(=O)O. The third-order valence-corrected chi connectivity index (χ3v) is 4.09. The highest BCUT2D eigenvalue weighted by atomic mass is 16.4. The fourth-order valence-corrected chi connectivity index (χ4v) is 3.19. The van der Waals surface area contributed by atoms with Gasteiger partial charge in [0.1, 0.15) is 0 Å². The van der Waals surface area contributed by atoms with Gasteiger partial charge in [0.15, 0.2) is 0 Å². The second kappa shape index (κ2) is 5.20. The summed E-state index contributed by atoms with van der Waals surface area (Å²) in [5.74, 6) is 0.223. The molecule has 1 aliphatic heterocycles. The van der Waals surface area contributed by atoms with Crippen LogP contribution in [0, 0.1) is 5.92 Å². The molecule has 1 amide bonds. The molecule has 2 N–H and O–H groups in total. The zero-order valence-corrected chi connectivity index (χ0v) is 12.0. The minimum atomic E-state index is -0.897. The predicted molar refractivity (Wildman–Crippen MR) is 76.7 cm³/mol. The number of fused-ring (bicyclic) bond motifs is 1. The van der Waals surface area contributed by atoms with Gasteiger partial charge in [-0.25, -0.2) is 4.79 Å². The van der Waals surface area contributed by atoms with Gasteiger partial charge in [0.05, 0.1) is 18.3 Å². The van der Waals surface area contributed by atoms with Crippen molar-refractivity contribution >= 4 is 6.09 Å². The van der Waals surface area contributed by atoms with Crippen molar-refractivity contribution in [2.45, 2.75) is 32.4 Å². The molecular weight excluding hydrogens is 268 g/mol. The fourth-order valence-electron chi connectivity index (χ4n) is 3.19. The standard InChI is InChI=1S/C15H18N4O2/c1-9(2)13(12-7-16-3-4-18-12)14-11-6-17-5-10(11)8-19(14)15(20)21/h3-7,9,13-14,17H,8H2,1-2H3,(H,20,21). The molecule has 3 rings (SSSR count). The van der Waals surface area contributed by atoms with Crippen LogP contribution in [0.5, 0.6) is 0 Å². The first kappa shape index (κ1) is 13.6. The normalized spacial score (nSPS) is 18.8. The van der Waals surface area contributed by atoms with Gasteiger partial charge in [-0.3, -0.25) is 14.9 Å². The van der Waals surface area contributed by atoms with E-state index >= 15 is 0 Å². The summed E-state index contributed by atoms with van der Waals surface area (Å²) < 4.78 is 0. The van der Waals surface area contributed by atoms with Crippen LogP contribution in [-0.2, 0) is 6.54 Å². The summed E-state index contributed by atoms with van der Waals surface area (Å²) in [5.41, 5.74) is 2.91. The fraction of sp³-hybridized carbons (Fsp3) is 0.400. The number of carbonyl (C=O) groups is 1. The maximum Gasteiger partial charge on any atom is 0.408 e. The quantitative estimate of drug-likeness (QED) is 0.909. The molecule has 2 aromatic heterocycles. The maximum atomic E-state index is 11.6. The first-order chi connectivity index (χ1) is 10.1. The summed E-state index contributed by atoms with van der Waals surface area (Å²) in [6.07, 6.45) is 7.89. The van der Waals surface area contributed by atoms with Crippen LogP contribution in [0.1, 0.15) is 42.6 Å². The third-order valence-electron chi connectivity index (χ3n) is 4.09. The molecule has 21 heavy (non-hydrogen) atoms. The molecule has 2 aromatic rings. The van der Waals surface area contributed by atoms with Gasteiger partial charge >= 0.3 is 6.09 Å². The monoisotopic (exact) mass is 286 g/mol. The number of hydrogen-bond acceptors (Lipinski definition) is 3. The number of carboxylic acid groups (broad SMARTS) is 1. The molecule has 0 saturated carbocycles. The van der Waals surface area contributed by atoms with Crippen LogP contribution >= 0.6 is 0 Å². The molecule has 0 fully saturated rings. The number of nitrogens with one attached hydrogen (secondary N) is 1. The third kappa shape index (κ3) is 2.26. The lowest BCUT2D eigenvalue weighted by atomic mass is 9.83. The van der Waals surface area contributed by atoms with Crippen LogP contribution in [-0.4, -0.2) is 31.1 Å². The molecule has 0 aliphatic carbocycles. The van der Waals surface area contributed by atoms with E-state index in [1.807, 2.05) is 12.4 Å². The first-order valence-electron chi connectivity index (χ1n) is 7.00. The van der Waals surface area contributed by atoms with Crippen molar-refractivity contribution in [3.63, 3.8) is 0 Å². The van der Waals surface area contributed by atoms with E-state index in [1.54, 1.807) is 18.6 Å². The van der Waals surface area contributed by atoms with Gasteiger partial charge in [-0.1, -0.05) is 13.8 Å². The van der Waals surface area contributed by atoms with E-state index in [-0.39, 0.29) is 17.9 Å². The van der Waals surface area contributed by atoms with Crippen molar-refractivity contribution in [2.24, 2.45) is 5.92 Å². The summed E-state index contributed by atoms with van der Waals surface area (Å²) in [4.78, 5) is 24.7.